The predicted molar refractivity (Wildman–Crippen MR) is 83.2 cm³/mol. The first-order valence-corrected chi connectivity index (χ1v) is 7.88. The van der Waals surface area contributed by atoms with Crippen molar-refractivity contribution in [2.45, 2.75) is 58.2 Å². The number of aromatic nitrogens is 1. The maximum Gasteiger partial charge on any atom is 0.328 e. The predicted octanol–water partition coefficient (Wildman–Crippen LogP) is 3.05. The van der Waals surface area contributed by atoms with E-state index in [1.54, 1.807) is 33.8 Å². The van der Waals surface area contributed by atoms with Crippen LogP contribution in [0.15, 0.2) is 16.7 Å². The van der Waals surface area contributed by atoms with Gasteiger partial charge in [0.25, 0.3) is 5.91 Å². The topological polar surface area (TPSA) is 60.3 Å². The molecule has 2 rings (SSSR count). The summed E-state index contributed by atoms with van der Waals surface area (Å²) >= 11 is 3.39. The molecule has 0 aromatic carbocycles. The van der Waals surface area contributed by atoms with Crippen LogP contribution in [0.4, 0.5) is 0 Å². The molecule has 6 heteroatoms. The monoisotopic (exact) mass is 356 g/mol. The fraction of sp³-hybridized carbons (Fsp3) is 0.600. The minimum absolute atomic E-state index is 0.258. The van der Waals surface area contributed by atoms with Gasteiger partial charge in [0.1, 0.15) is 17.3 Å². The van der Waals surface area contributed by atoms with Gasteiger partial charge in [-0.15, -0.1) is 0 Å². The van der Waals surface area contributed by atoms with E-state index < -0.39 is 17.6 Å². The van der Waals surface area contributed by atoms with Crippen LogP contribution in [0.1, 0.15) is 57.1 Å². The van der Waals surface area contributed by atoms with Crippen LogP contribution in [0, 0.1) is 0 Å². The molecule has 5 nitrogen and oxygen atoms in total. The molecule has 0 saturated heterocycles. The lowest BCUT2D eigenvalue weighted by molar-refractivity contribution is -0.156. The Balaban J connectivity index is 2.02. The number of halogens is 1. The fourth-order valence-electron chi connectivity index (χ4n) is 2.00. The van der Waals surface area contributed by atoms with Crippen LogP contribution in [0.3, 0.4) is 0 Å². The molecule has 1 aromatic heterocycles. The molecule has 0 spiro atoms. The number of hydrogen-bond acceptors (Lipinski definition) is 3. The maximum atomic E-state index is 12.3. The molecule has 1 saturated carbocycles. The van der Waals surface area contributed by atoms with Gasteiger partial charge in [-0.25, -0.2) is 4.79 Å². The van der Waals surface area contributed by atoms with Crippen molar-refractivity contribution in [2.75, 3.05) is 0 Å². The molecule has 0 bridgehead atoms. The van der Waals surface area contributed by atoms with Crippen molar-refractivity contribution in [3.05, 3.63) is 22.4 Å². The van der Waals surface area contributed by atoms with Crippen LogP contribution >= 0.6 is 15.9 Å². The highest BCUT2D eigenvalue weighted by molar-refractivity contribution is 9.10. The van der Waals surface area contributed by atoms with Crippen molar-refractivity contribution < 1.29 is 14.3 Å². The van der Waals surface area contributed by atoms with E-state index in [9.17, 15) is 9.59 Å². The smallest absolute Gasteiger partial charge is 0.328 e. The standard InChI is InChI=1S/C15H21BrN2O3/c1-9(14(20)21-15(2,3)4)17-13(19)12-7-10(16)8-18(12)11-5-6-11/h7-9,11H,5-6H2,1-4H3,(H,17,19)/t9-/m1/s1. The Bertz CT molecular complexity index is 556. The van der Waals surface area contributed by atoms with Crippen LogP contribution in [-0.2, 0) is 9.53 Å². The summed E-state index contributed by atoms with van der Waals surface area (Å²) < 4.78 is 8.09. The summed E-state index contributed by atoms with van der Waals surface area (Å²) in [5, 5.41) is 2.70. The molecule has 0 aliphatic heterocycles. The number of carbonyl (C=O) groups is 2. The van der Waals surface area contributed by atoms with Gasteiger partial charge in [-0.05, 0) is 62.5 Å². The third kappa shape index (κ3) is 4.33. The Hall–Kier alpha value is -1.30. The summed E-state index contributed by atoms with van der Waals surface area (Å²) in [5.74, 6) is -0.689. The summed E-state index contributed by atoms with van der Waals surface area (Å²) in [6.45, 7) is 7.03. The molecule has 1 aliphatic carbocycles. The number of esters is 1. The first kappa shape index (κ1) is 16.1. The minimum atomic E-state index is -0.682. The number of carbonyl (C=O) groups excluding carboxylic acids is 2. The number of ether oxygens (including phenoxy) is 1. The zero-order chi connectivity index (χ0) is 15.8. The molecular formula is C15H21BrN2O3. The molecule has 21 heavy (non-hydrogen) atoms. The van der Waals surface area contributed by atoms with E-state index in [0.29, 0.717) is 11.7 Å². The second kappa shape index (κ2) is 5.83. The van der Waals surface area contributed by atoms with E-state index in [2.05, 4.69) is 21.2 Å². The second-order valence-electron chi connectivity index (χ2n) is 6.41. The molecule has 1 N–H and O–H groups in total. The number of nitrogens with zero attached hydrogens (tertiary/aromatic N) is 1. The molecule has 1 fully saturated rings. The molecule has 1 heterocycles. The Morgan fingerprint density at radius 2 is 2.05 bits per heavy atom. The Labute approximate surface area is 133 Å². The number of nitrogens with one attached hydrogen (secondary N) is 1. The highest BCUT2D eigenvalue weighted by atomic mass is 79.9. The van der Waals surface area contributed by atoms with Crippen LogP contribution in [0.5, 0.6) is 0 Å². The highest BCUT2D eigenvalue weighted by Crippen LogP contribution is 2.37. The zero-order valence-corrected chi connectivity index (χ0v) is 14.4. The summed E-state index contributed by atoms with van der Waals surface area (Å²) in [6.07, 6.45) is 4.08. The molecule has 116 valence electrons. The lowest BCUT2D eigenvalue weighted by Crippen LogP contribution is -2.42. The number of rotatable bonds is 4. The third-order valence-corrected chi connectivity index (χ3v) is 3.53. The second-order valence-corrected chi connectivity index (χ2v) is 7.33. The first-order chi connectivity index (χ1) is 9.67. The van der Waals surface area contributed by atoms with Crippen molar-refractivity contribution >= 4 is 27.8 Å². The van der Waals surface area contributed by atoms with Gasteiger partial charge in [0.15, 0.2) is 0 Å². The zero-order valence-electron chi connectivity index (χ0n) is 12.8. The van der Waals surface area contributed by atoms with Gasteiger partial charge < -0.3 is 14.6 Å². The Kier molecular flexibility index (Phi) is 4.46. The van der Waals surface area contributed by atoms with Gasteiger partial charge in [-0.3, -0.25) is 4.79 Å². The number of amides is 1. The van der Waals surface area contributed by atoms with Crippen molar-refractivity contribution in [1.82, 2.24) is 9.88 Å². The summed E-state index contributed by atoms with van der Waals surface area (Å²) in [6, 6.07) is 1.49. The first-order valence-electron chi connectivity index (χ1n) is 7.08. The van der Waals surface area contributed by atoms with E-state index in [1.165, 1.54) is 0 Å². The van der Waals surface area contributed by atoms with Crippen molar-refractivity contribution in [2.24, 2.45) is 0 Å². The highest BCUT2D eigenvalue weighted by Gasteiger charge is 2.29. The lowest BCUT2D eigenvalue weighted by atomic mass is 10.2. The van der Waals surface area contributed by atoms with Gasteiger partial charge in [0.2, 0.25) is 0 Å². The average molecular weight is 357 g/mol. The van der Waals surface area contributed by atoms with E-state index in [-0.39, 0.29) is 5.91 Å². The van der Waals surface area contributed by atoms with Crippen molar-refractivity contribution in [1.29, 1.82) is 0 Å². The Morgan fingerprint density at radius 1 is 1.43 bits per heavy atom. The Morgan fingerprint density at radius 3 is 2.57 bits per heavy atom. The van der Waals surface area contributed by atoms with Crippen LogP contribution in [0.25, 0.3) is 0 Å². The normalized spacial score (nSPS) is 16.4. The summed E-state index contributed by atoms with van der Waals surface area (Å²) in [5.41, 5.74) is 0.00707. The largest absolute Gasteiger partial charge is 0.458 e. The van der Waals surface area contributed by atoms with Gasteiger partial charge in [0.05, 0.1) is 0 Å². The summed E-state index contributed by atoms with van der Waals surface area (Å²) in [4.78, 5) is 24.2. The minimum Gasteiger partial charge on any atom is -0.458 e. The van der Waals surface area contributed by atoms with Crippen molar-refractivity contribution in [3.63, 3.8) is 0 Å². The number of hydrogen-bond donors (Lipinski definition) is 1. The molecule has 1 amide bonds. The van der Waals surface area contributed by atoms with Crippen molar-refractivity contribution in [3.8, 4) is 0 Å². The van der Waals surface area contributed by atoms with Crippen LogP contribution < -0.4 is 5.32 Å². The van der Waals surface area contributed by atoms with Crippen LogP contribution in [-0.4, -0.2) is 28.1 Å². The fourth-order valence-corrected chi connectivity index (χ4v) is 2.44. The van der Waals surface area contributed by atoms with Gasteiger partial charge in [-0.2, -0.15) is 0 Å². The molecule has 1 atom stereocenters. The summed E-state index contributed by atoms with van der Waals surface area (Å²) in [7, 11) is 0. The SMILES string of the molecule is C[C@@H](NC(=O)c1cc(Br)cn1C1CC1)C(=O)OC(C)(C)C. The lowest BCUT2D eigenvalue weighted by Gasteiger charge is -2.22. The quantitative estimate of drug-likeness (QED) is 0.843. The average Bonchev–Trinajstić information content (AvgIpc) is 3.10. The molecular weight excluding hydrogens is 336 g/mol. The van der Waals surface area contributed by atoms with Gasteiger partial charge in [0, 0.05) is 16.7 Å². The maximum absolute atomic E-state index is 12.3. The molecule has 1 aliphatic rings. The molecule has 0 radical (unpaired) electrons. The van der Waals surface area contributed by atoms with Gasteiger partial charge >= 0.3 is 5.97 Å². The van der Waals surface area contributed by atoms with E-state index in [1.807, 2.05) is 10.8 Å². The van der Waals surface area contributed by atoms with E-state index in [0.717, 1.165) is 17.3 Å². The molecule has 0 unspecified atom stereocenters. The molecule has 1 aromatic rings. The van der Waals surface area contributed by atoms with Gasteiger partial charge in [-0.1, -0.05) is 0 Å². The third-order valence-electron chi connectivity index (χ3n) is 3.10. The van der Waals surface area contributed by atoms with E-state index in [4.69, 9.17) is 4.74 Å². The van der Waals surface area contributed by atoms with Crippen LogP contribution in [0.2, 0.25) is 0 Å². The van der Waals surface area contributed by atoms with E-state index >= 15 is 0 Å².